The molecule has 0 N–H and O–H groups in total. The Labute approximate surface area is 124 Å². The zero-order chi connectivity index (χ0) is 13.3. The summed E-state index contributed by atoms with van der Waals surface area (Å²) in [5.41, 5.74) is 1.73. The largest absolute Gasteiger partial charge is 0.437 e. The minimum atomic E-state index is 0.350. The Bertz CT molecular complexity index is 584. The number of hydrogen-bond acceptors (Lipinski definition) is 2. The summed E-state index contributed by atoms with van der Waals surface area (Å²) >= 11 is 15.4. The van der Waals surface area contributed by atoms with Crippen LogP contribution in [0.2, 0.25) is 5.02 Å². The maximum Gasteiger partial charge on any atom is 0.222 e. The second-order valence-corrected chi connectivity index (χ2v) is 5.39. The second-order valence-electron chi connectivity index (χ2n) is 3.80. The van der Waals surface area contributed by atoms with Gasteiger partial charge in [0.05, 0.1) is 22.2 Å². The van der Waals surface area contributed by atoms with Crippen LogP contribution < -0.4 is 4.74 Å². The summed E-state index contributed by atoms with van der Waals surface area (Å²) in [6.45, 7) is 1.90. The molecule has 0 saturated carbocycles. The van der Waals surface area contributed by atoms with Crippen molar-refractivity contribution < 1.29 is 4.74 Å². The van der Waals surface area contributed by atoms with E-state index in [2.05, 4.69) is 21.0 Å². The van der Waals surface area contributed by atoms with Crippen LogP contribution in [-0.4, -0.2) is 9.78 Å². The highest BCUT2D eigenvalue weighted by Gasteiger charge is 2.15. The normalized spacial score (nSPS) is 10.7. The van der Waals surface area contributed by atoms with Crippen LogP contribution in [0, 0.1) is 6.92 Å². The van der Waals surface area contributed by atoms with E-state index in [1.165, 1.54) is 0 Å². The van der Waals surface area contributed by atoms with Crippen LogP contribution in [0.3, 0.4) is 0 Å². The van der Waals surface area contributed by atoms with E-state index in [-0.39, 0.29) is 0 Å². The zero-order valence-corrected chi connectivity index (χ0v) is 13.0. The molecule has 0 aliphatic heterocycles. The number of aryl methyl sites for hydroxylation is 2. The van der Waals surface area contributed by atoms with Crippen LogP contribution >= 0.6 is 39.1 Å². The van der Waals surface area contributed by atoms with Gasteiger partial charge in [-0.3, -0.25) is 0 Å². The monoisotopic (exact) mass is 348 g/mol. The van der Waals surface area contributed by atoms with Gasteiger partial charge in [0.15, 0.2) is 0 Å². The smallest absolute Gasteiger partial charge is 0.222 e. The number of alkyl halides is 1. The van der Waals surface area contributed by atoms with E-state index in [0.29, 0.717) is 22.5 Å². The third-order valence-corrected chi connectivity index (χ3v) is 3.58. The third kappa shape index (κ3) is 2.66. The van der Waals surface area contributed by atoms with Gasteiger partial charge in [-0.25, -0.2) is 4.68 Å². The lowest BCUT2D eigenvalue weighted by Gasteiger charge is -2.09. The van der Waals surface area contributed by atoms with Crippen molar-refractivity contribution in [1.82, 2.24) is 9.78 Å². The maximum absolute atomic E-state index is 6.12. The Morgan fingerprint density at radius 3 is 2.78 bits per heavy atom. The molecule has 2 aromatic rings. The van der Waals surface area contributed by atoms with E-state index < -0.39 is 0 Å². The standard InChI is InChI=1S/C12H11BrCl2N2O/c1-7-9(6-14)12(17(2)16-7)18-11-4-3-8(13)5-10(11)15/h3-5H,6H2,1-2H3. The molecule has 6 heteroatoms. The first kappa shape index (κ1) is 13.7. The minimum Gasteiger partial charge on any atom is -0.437 e. The van der Waals surface area contributed by atoms with E-state index in [9.17, 15) is 0 Å². The van der Waals surface area contributed by atoms with Crippen LogP contribution in [0.1, 0.15) is 11.3 Å². The maximum atomic E-state index is 6.12. The summed E-state index contributed by atoms with van der Waals surface area (Å²) < 4.78 is 8.36. The van der Waals surface area contributed by atoms with Gasteiger partial charge in [-0.05, 0) is 25.1 Å². The molecule has 0 aliphatic rings. The van der Waals surface area contributed by atoms with Crippen molar-refractivity contribution in [2.24, 2.45) is 7.05 Å². The SMILES string of the molecule is Cc1nn(C)c(Oc2ccc(Br)cc2Cl)c1CCl. The van der Waals surface area contributed by atoms with Gasteiger partial charge in [0.2, 0.25) is 5.88 Å². The lowest BCUT2D eigenvalue weighted by atomic mass is 10.3. The summed E-state index contributed by atoms with van der Waals surface area (Å²) in [5.74, 6) is 1.55. The molecule has 96 valence electrons. The molecule has 18 heavy (non-hydrogen) atoms. The van der Waals surface area contributed by atoms with E-state index in [4.69, 9.17) is 27.9 Å². The average Bonchev–Trinajstić information content (AvgIpc) is 2.57. The molecule has 0 atom stereocenters. The van der Waals surface area contributed by atoms with Crippen molar-refractivity contribution in [2.75, 3.05) is 0 Å². The van der Waals surface area contributed by atoms with E-state index in [1.807, 2.05) is 20.0 Å². The van der Waals surface area contributed by atoms with Crippen LogP contribution in [-0.2, 0) is 12.9 Å². The topological polar surface area (TPSA) is 27.1 Å². The molecule has 0 spiro atoms. The van der Waals surface area contributed by atoms with Crippen LogP contribution in [0.5, 0.6) is 11.6 Å². The number of benzene rings is 1. The lowest BCUT2D eigenvalue weighted by molar-refractivity contribution is 0.427. The highest BCUT2D eigenvalue weighted by Crippen LogP contribution is 2.34. The molecule has 0 radical (unpaired) electrons. The number of halogens is 3. The molecule has 1 heterocycles. The van der Waals surface area contributed by atoms with Gasteiger partial charge in [0.1, 0.15) is 5.75 Å². The average molecular weight is 350 g/mol. The summed E-state index contributed by atoms with van der Waals surface area (Å²) in [4.78, 5) is 0. The fourth-order valence-corrected chi connectivity index (χ4v) is 2.64. The molecule has 2 rings (SSSR count). The zero-order valence-electron chi connectivity index (χ0n) is 9.88. The fraction of sp³-hybridized carbons (Fsp3) is 0.250. The van der Waals surface area contributed by atoms with Crippen molar-refractivity contribution >= 4 is 39.1 Å². The first-order valence-corrected chi connectivity index (χ1v) is 6.94. The van der Waals surface area contributed by atoms with Crippen molar-refractivity contribution in [3.63, 3.8) is 0 Å². The molecule has 0 bridgehead atoms. The Balaban J connectivity index is 2.39. The Morgan fingerprint density at radius 2 is 2.17 bits per heavy atom. The second kappa shape index (κ2) is 5.51. The van der Waals surface area contributed by atoms with E-state index >= 15 is 0 Å². The van der Waals surface area contributed by atoms with E-state index in [0.717, 1.165) is 15.7 Å². The Kier molecular flexibility index (Phi) is 4.20. The molecular weight excluding hydrogens is 339 g/mol. The molecule has 0 amide bonds. The summed E-state index contributed by atoms with van der Waals surface area (Å²) in [6, 6.07) is 5.44. The molecule has 0 saturated heterocycles. The molecular formula is C12H11BrCl2N2O. The molecule has 1 aromatic carbocycles. The summed E-state index contributed by atoms with van der Waals surface area (Å²) in [6.07, 6.45) is 0. The van der Waals surface area contributed by atoms with Crippen molar-refractivity contribution in [1.29, 1.82) is 0 Å². The van der Waals surface area contributed by atoms with Gasteiger partial charge in [-0.15, -0.1) is 11.6 Å². The van der Waals surface area contributed by atoms with Crippen molar-refractivity contribution in [2.45, 2.75) is 12.8 Å². The van der Waals surface area contributed by atoms with Gasteiger partial charge in [-0.1, -0.05) is 27.5 Å². The number of aromatic nitrogens is 2. The lowest BCUT2D eigenvalue weighted by Crippen LogP contribution is -1.96. The quantitative estimate of drug-likeness (QED) is 0.752. The predicted molar refractivity (Wildman–Crippen MR) is 76.7 cm³/mol. The number of rotatable bonds is 3. The van der Waals surface area contributed by atoms with Crippen molar-refractivity contribution in [3.8, 4) is 11.6 Å². The molecule has 0 fully saturated rings. The molecule has 1 aromatic heterocycles. The highest BCUT2D eigenvalue weighted by atomic mass is 79.9. The van der Waals surface area contributed by atoms with Crippen LogP contribution in [0.25, 0.3) is 0 Å². The van der Waals surface area contributed by atoms with Crippen LogP contribution in [0.15, 0.2) is 22.7 Å². The molecule has 0 aliphatic carbocycles. The number of hydrogen-bond donors (Lipinski definition) is 0. The Hall–Kier alpha value is -0.710. The van der Waals surface area contributed by atoms with Gasteiger partial charge < -0.3 is 4.74 Å². The molecule has 0 unspecified atom stereocenters. The molecule has 3 nitrogen and oxygen atoms in total. The fourth-order valence-electron chi connectivity index (χ4n) is 1.62. The third-order valence-electron chi connectivity index (χ3n) is 2.52. The first-order valence-electron chi connectivity index (χ1n) is 5.24. The Morgan fingerprint density at radius 1 is 1.44 bits per heavy atom. The van der Waals surface area contributed by atoms with E-state index in [1.54, 1.807) is 16.8 Å². The van der Waals surface area contributed by atoms with Crippen molar-refractivity contribution in [3.05, 3.63) is 39.0 Å². The summed E-state index contributed by atoms with van der Waals surface area (Å²) in [7, 11) is 1.81. The van der Waals surface area contributed by atoms with Gasteiger partial charge in [0.25, 0.3) is 0 Å². The minimum absolute atomic E-state index is 0.350. The van der Waals surface area contributed by atoms with Gasteiger partial charge in [-0.2, -0.15) is 5.10 Å². The highest BCUT2D eigenvalue weighted by molar-refractivity contribution is 9.10. The predicted octanol–water partition coefficient (Wildman–Crippen LogP) is 4.68. The van der Waals surface area contributed by atoms with Gasteiger partial charge >= 0.3 is 0 Å². The first-order chi connectivity index (χ1) is 8.52. The van der Waals surface area contributed by atoms with Crippen LogP contribution in [0.4, 0.5) is 0 Å². The number of nitrogens with zero attached hydrogens (tertiary/aromatic N) is 2. The van der Waals surface area contributed by atoms with Gasteiger partial charge in [0, 0.05) is 11.5 Å². The summed E-state index contributed by atoms with van der Waals surface area (Å²) in [5, 5.41) is 4.81. The number of ether oxygens (including phenoxy) is 1.